The molecule has 5 rings (SSSR count). The molecule has 2 aliphatic rings. The predicted octanol–water partition coefficient (Wildman–Crippen LogP) is 3.42. The molecular weight excluding hydrogens is 579 g/mol. The summed E-state index contributed by atoms with van der Waals surface area (Å²) in [6.07, 6.45) is 0.659. The number of hydrogen-bond donors (Lipinski definition) is 1. The number of aromatic nitrogens is 1. The Labute approximate surface area is 221 Å². The number of methoxy groups -OCH3 is 2. The zero-order valence-electron chi connectivity index (χ0n) is 20.3. The van der Waals surface area contributed by atoms with Crippen LogP contribution in [0, 0.1) is 0 Å². The molecule has 190 valence electrons. The zero-order valence-corrected chi connectivity index (χ0v) is 22.5. The second-order valence-corrected chi connectivity index (χ2v) is 10.5. The number of carbonyl (C=O) groups is 1. The van der Waals surface area contributed by atoms with E-state index in [1.165, 1.54) is 14.2 Å². The minimum Gasteiger partial charge on any atom is -0.493 e. The number of nitrogens with zero attached hydrogens (tertiary/aromatic N) is 2. The average Bonchev–Trinajstić information content (AvgIpc) is 3.45. The number of aliphatic hydroxyl groups excluding tert-OH is 1. The standard InChI is InChI=1S/C26H27IN2O7/c1-14(27)28(7-8-30)5-4-6-29-24-16-10-21-22(36-13-35-21)11-17(16)25(31)23(24)15-9-19(33-2)20(34-3)12-18(15)26(29)32/h9-12,14,30H,4-8,13H2,1-3H3/t14-/m0/s1. The topological polar surface area (TPSA) is 99.5 Å². The fourth-order valence-electron chi connectivity index (χ4n) is 4.98. The molecule has 0 unspecified atom stereocenters. The van der Waals surface area contributed by atoms with Crippen LogP contribution in [-0.4, -0.2) is 65.1 Å². The van der Waals surface area contributed by atoms with Crippen molar-refractivity contribution in [3.8, 4) is 34.3 Å². The highest BCUT2D eigenvalue weighted by Crippen LogP contribution is 2.46. The lowest BCUT2D eigenvalue weighted by molar-refractivity contribution is 0.104. The van der Waals surface area contributed by atoms with Gasteiger partial charge in [0.1, 0.15) is 0 Å². The molecule has 0 fully saturated rings. The summed E-state index contributed by atoms with van der Waals surface area (Å²) >= 11 is 2.31. The van der Waals surface area contributed by atoms with Gasteiger partial charge in [-0.15, -0.1) is 0 Å². The number of aliphatic hydroxyl groups is 1. The molecule has 0 amide bonds. The smallest absolute Gasteiger partial charge is 0.259 e. The Morgan fingerprint density at radius 1 is 1.03 bits per heavy atom. The van der Waals surface area contributed by atoms with Gasteiger partial charge in [0, 0.05) is 36.1 Å². The van der Waals surface area contributed by atoms with Crippen LogP contribution >= 0.6 is 22.6 Å². The first-order valence-electron chi connectivity index (χ1n) is 11.7. The SMILES string of the molecule is COc1cc2c3c(n(CCCN(CCO)[C@@H](C)I)c(=O)c2cc1OC)-c1cc2c(cc1C3=O)OCO2. The van der Waals surface area contributed by atoms with E-state index in [1.807, 2.05) is 0 Å². The Morgan fingerprint density at radius 3 is 2.28 bits per heavy atom. The van der Waals surface area contributed by atoms with Crippen molar-refractivity contribution in [1.29, 1.82) is 0 Å². The van der Waals surface area contributed by atoms with Gasteiger partial charge in [-0.05, 0) is 37.6 Å². The molecule has 2 heterocycles. The fourth-order valence-corrected chi connectivity index (χ4v) is 5.54. The van der Waals surface area contributed by atoms with Crippen LogP contribution in [0.25, 0.3) is 22.0 Å². The number of rotatable bonds is 9. The summed E-state index contributed by atoms with van der Waals surface area (Å²) in [6, 6.07) is 6.82. The maximum absolute atomic E-state index is 13.9. The van der Waals surface area contributed by atoms with Crippen molar-refractivity contribution in [3.05, 3.63) is 45.7 Å². The highest BCUT2D eigenvalue weighted by molar-refractivity contribution is 14.1. The third kappa shape index (κ3) is 4.00. The zero-order chi connectivity index (χ0) is 25.6. The maximum Gasteiger partial charge on any atom is 0.259 e. The number of ketones is 1. The lowest BCUT2D eigenvalue weighted by atomic mass is 10.0. The number of hydrogen-bond acceptors (Lipinski definition) is 8. The Balaban J connectivity index is 1.70. The third-order valence-corrected chi connectivity index (χ3v) is 7.52. The molecule has 2 aromatic carbocycles. The van der Waals surface area contributed by atoms with Crippen LogP contribution in [-0.2, 0) is 6.54 Å². The number of pyridine rings is 1. The minimum atomic E-state index is -0.209. The minimum absolute atomic E-state index is 0.0648. The second-order valence-electron chi connectivity index (χ2n) is 8.70. The van der Waals surface area contributed by atoms with E-state index in [0.717, 1.165) is 0 Å². The van der Waals surface area contributed by atoms with Crippen LogP contribution < -0.4 is 24.5 Å². The number of halogens is 1. The number of ether oxygens (including phenoxy) is 4. The fraction of sp³-hybridized carbons (Fsp3) is 0.385. The summed E-state index contributed by atoms with van der Waals surface area (Å²) in [4.78, 5) is 29.8. The van der Waals surface area contributed by atoms with Crippen molar-refractivity contribution in [1.82, 2.24) is 9.47 Å². The van der Waals surface area contributed by atoms with Gasteiger partial charge in [-0.1, -0.05) is 22.6 Å². The quantitative estimate of drug-likeness (QED) is 0.176. The molecule has 0 radical (unpaired) electrons. The van der Waals surface area contributed by atoms with E-state index in [4.69, 9.17) is 18.9 Å². The van der Waals surface area contributed by atoms with Gasteiger partial charge in [-0.3, -0.25) is 14.5 Å². The van der Waals surface area contributed by atoms with E-state index < -0.39 is 0 Å². The largest absolute Gasteiger partial charge is 0.493 e. The molecule has 1 aromatic heterocycles. The number of fused-ring (bicyclic) bond motifs is 6. The first-order valence-corrected chi connectivity index (χ1v) is 12.9. The lowest BCUT2D eigenvalue weighted by Gasteiger charge is -2.24. The Bertz CT molecular complexity index is 1420. The van der Waals surface area contributed by atoms with E-state index in [9.17, 15) is 14.7 Å². The van der Waals surface area contributed by atoms with Crippen molar-refractivity contribution < 1.29 is 28.8 Å². The summed E-state index contributed by atoms with van der Waals surface area (Å²) in [7, 11) is 3.03. The van der Waals surface area contributed by atoms with Gasteiger partial charge < -0.3 is 28.6 Å². The number of carbonyl (C=O) groups excluding carboxylic acids is 1. The van der Waals surface area contributed by atoms with Gasteiger partial charge >= 0.3 is 0 Å². The van der Waals surface area contributed by atoms with Crippen molar-refractivity contribution in [2.45, 2.75) is 23.9 Å². The molecule has 3 aromatic rings. The van der Waals surface area contributed by atoms with Gasteiger partial charge in [-0.25, -0.2) is 0 Å². The highest BCUT2D eigenvalue weighted by Gasteiger charge is 2.35. The molecule has 1 aliphatic carbocycles. The van der Waals surface area contributed by atoms with Gasteiger partial charge in [0.25, 0.3) is 5.56 Å². The van der Waals surface area contributed by atoms with Crippen molar-refractivity contribution in [3.63, 3.8) is 0 Å². The monoisotopic (exact) mass is 606 g/mol. The van der Waals surface area contributed by atoms with Crippen LogP contribution in [0.2, 0.25) is 0 Å². The number of alkyl halides is 1. The first-order chi connectivity index (χ1) is 17.4. The van der Waals surface area contributed by atoms with Gasteiger partial charge in [-0.2, -0.15) is 0 Å². The highest BCUT2D eigenvalue weighted by atomic mass is 127. The van der Waals surface area contributed by atoms with Crippen LogP contribution in [0.1, 0.15) is 29.3 Å². The van der Waals surface area contributed by atoms with Crippen LogP contribution in [0.5, 0.6) is 23.0 Å². The lowest BCUT2D eigenvalue weighted by Crippen LogP contribution is -2.34. The van der Waals surface area contributed by atoms with E-state index >= 15 is 0 Å². The van der Waals surface area contributed by atoms with Gasteiger partial charge in [0.05, 0.1) is 41.5 Å². The van der Waals surface area contributed by atoms with Gasteiger partial charge in [0.2, 0.25) is 6.79 Å². The first kappa shape index (κ1) is 24.8. The molecule has 1 atom stereocenters. The molecule has 9 nitrogen and oxygen atoms in total. The van der Waals surface area contributed by atoms with Crippen molar-refractivity contribution >= 4 is 39.1 Å². The molecule has 0 saturated heterocycles. The average molecular weight is 606 g/mol. The van der Waals surface area contributed by atoms with E-state index in [0.29, 0.717) is 82.2 Å². The van der Waals surface area contributed by atoms with Crippen LogP contribution in [0.3, 0.4) is 0 Å². The predicted molar refractivity (Wildman–Crippen MR) is 143 cm³/mol. The molecular formula is C26H27IN2O7. The van der Waals surface area contributed by atoms with E-state index in [-0.39, 0.29) is 28.8 Å². The van der Waals surface area contributed by atoms with Crippen LogP contribution in [0.15, 0.2) is 29.1 Å². The molecule has 0 saturated carbocycles. The van der Waals surface area contributed by atoms with Gasteiger partial charge in [0.15, 0.2) is 28.8 Å². The molecule has 0 spiro atoms. The molecule has 1 aliphatic heterocycles. The molecule has 10 heteroatoms. The summed E-state index contributed by atoms with van der Waals surface area (Å²) in [5.41, 5.74) is 1.96. The molecule has 1 N–H and O–H groups in total. The van der Waals surface area contributed by atoms with Crippen LogP contribution in [0.4, 0.5) is 0 Å². The number of benzene rings is 2. The third-order valence-electron chi connectivity index (χ3n) is 6.73. The second kappa shape index (κ2) is 9.91. The summed E-state index contributed by atoms with van der Waals surface area (Å²) in [6.45, 7) is 3.87. The molecule has 36 heavy (non-hydrogen) atoms. The Morgan fingerprint density at radius 2 is 1.67 bits per heavy atom. The Kier molecular flexibility index (Phi) is 6.84. The maximum atomic E-state index is 13.9. The van der Waals surface area contributed by atoms with Crippen molar-refractivity contribution in [2.75, 3.05) is 40.7 Å². The normalized spacial score (nSPS) is 14.3. The molecule has 0 bridgehead atoms. The summed E-state index contributed by atoms with van der Waals surface area (Å²) < 4.78 is 23.9. The summed E-state index contributed by atoms with van der Waals surface area (Å²) in [5.74, 6) is 1.76. The Hall–Kier alpha value is -2.83. The van der Waals surface area contributed by atoms with E-state index in [2.05, 4.69) is 34.4 Å². The van der Waals surface area contributed by atoms with E-state index in [1.54, 1.807) is 28.8 Å². The summed E-state index contributed by atoms with van der Waals surface area (Å²) in [5, 5.41) is 10.3. The van der Waals surface area contributed by atoms with Crippen molar-refractivity contribution in [2.24, 2.45) is 0 Å².